The zero-order valence-corrected chi connectivity index (χ0v) is 13.2. The van der Waals surface area contributed by atoms with Crippen LogP contribution in [0.1, 0.15) is 51.0 Å². The average Bonchev–Trinajstić information content (AvgIpc) is 2.58. The van der Waals surface area contributed by atoms with E-state index in [2.05, 4.69) is 4.98 Å². The number of esters is 2. The van der Waals surface area contributed by atoms with Gasteiger partial charge in [-0.3, -0.25) is 4.79 Å². The number of aromatic nitrogens is 1. The third-order valence-electron chi connectivity index (χ3n) is 3.42. The van der Waals surface area contributed by atoms with E-state index in [1.807, 2.05) is 6.92 Å². The van der Waals surface area contributed by atoms with Crippen LogP contribution in [-0.2, 0) is 9.47 Å². The van der Waals surface area contributed by atoms with Gasteiger partial charge in [-0.2, -0.15) is 0 Å². The van der Waals surface area contributed by atoms with Crippen LogP contribution in [0.5, 0.6) is 0 Å². The number of ketones is 1. The van der Waals surface area contributed by atoms with Crippen LogP contribution >= 0.6 is 0 Å². The Kier molecular flexibility index (Phi) is 5.05. The van der Waals surface area contributed by atoms with E-state index >= 15 is 0 Å². The lowest BCUT2D eigenvalue weighted by molar-refractivity contribution is 0.0548. The molecule has 0 saturated carbocycles. The Labute approximate surface area is 133 Å². The van der Waals surface area contributed by atoms with E-state index in [1.165, 1.54) is 14.2 Å². The van der Waals surface area contributed by atoms with Crippen LogP contribution in [0, 0.1) is 0 Å². The third-order valence-corrected chi connectivity index (χ3v) is 3.42. The molecule has 6 nitrogen and oxygen atoms in total. The topological polar surface area (TPSA) is 82.6 Å². The first-order valence-corrected chi connectivity index (χ1v) is 7.17. The molecule has 0 radical (unpaired) electrons. The molecule has 1 heterocycles. The maximum Gasteiger partial charge on any atom is 0.357 e. The summed E-state index contributed by atoms with van der Waals surface area (Å²) < 4.78 is 9.45. The second-order valence-corrected chi connectivity index (χ2v) is 4.88. The van der Waals surface area contributed by atoms with Crippen molar-refractivity contribution in [2.24, 2.45) is 0 Å². The van der Waals surface area contributed by atoms with Crippen molar-refractivity contribution >= 4 is 28.6 Å². The average molecular weight is 315 g/mol. The maximum atomic E-state index is 12.6. The predicted octanol–water partition coefficient (Wildman–Crippen LogP) is 2.79. The normalized spacial score (nSPS) is 10.4. The number of hydrogen-bond acceptors (Lipinski definition) is 6. The number of methoxy groups -OCH3 is 2. The molecule has 0 bridgehead atoms. The number of hydrogen-bond donors (Lipinski definition) is 0. The second-order valence-electron chi connectivity index (χ2n) is 4.88. The molecule has 0 aliphatic heterocycles. The summed E-state index contributed by atoms with van der Waals surface area (Å²) in [6.07, 6.45) is 0.863. The van der Waals surface area contributed by atoms with E-state index in [0.717, 1.165) is 0 Å². The molecule has 0 amide bonds. The minimum Gasteiger partial charge on any atom is -0.465 e. The quantitative estimate of drug-likeness (QED) is 0.623. The van der Waals surface area contributed by atoms with Crippen molar-refractivity contribution in [2.45, 2.75) is 19.8 Å². The lowest BCUT2D eigenvalue weighted by atomic mass is 9.95. The largest absolute Gasteiger partial charge is 0.465 e. The molecule has 0 spiro atoms. The van der Waals surface area contributed by atoms with Crippen molar-refractivity contribution in [3.63, 3.8) is 0 Å². The first-order valence-electron chi connectivity index (χ1n) is 7.17. The van der Waals surface area contributed by atoms with E-state index in [0.29, 0.717) is 17.3 Å². The number of carbonyl (C=O) groups excluding carboxylic acids is 3. The van der Waals surface area contributed by atoms with E-state index in [-0.39, 0.29) is 29.0 Å². The summed E-state index contributed by atoms with van der Waals surface area (Å²) in [6.45, 7) is 1.86. The number of rotatable bonds is 5. The predicted molar refractivity (Wildman–Crippen MR) is 83.7 cm³/mol. The second kappa shape index (κ2) is 7.00. The Bertz CT molecular complexity index is 782. The van der Waals surface area contributed by atoms with Crippen LogP contribution in [0.4, 0.5) is 0 Å². The third kappa shape index (κ3) is 3.06. The van der Waals surface area contributed by atoms with E-state index in [1.54, 1.807) is 24.3 Å². The molecule has 23 heavy (non-hydrogen) atoms. The minimum atomic E-state index is -0.790. The fraction of sp³-hybridized carbons (Fsp3) is 0.294. The fourth-order valence-electron chi connectivity index (χ4n) is 2.40. The van der Waals surface area contributed by atoms with Gasteiger partial charge in [-0.1, -0.05) is 25.1 Å². The van der Waals surface area contributed by atoms with Gasteiger partial charge in [-0.15, -0.1) is 0 Å². The Hall–Kier alpha value is -2.76. The van der Waals surface area contributed by atoms with Crippen LogP contribution in [0.2, 0.25) is 0 Å². The van der Waals surface area contributed by atoms with E-state index in [9.17, 15) is 14.4 Å². The molecular weight excluding hydrogens is 298 g/mol. The Morgan fingerprint density at radius 3 is 2.26 bits per heavy atom. The molecule has 0 saturated heterocycles. The molecule has 2 rings (SSSR count). The monoisotopic (exact) mass is 315 g/mol. The first-order chi connectivity index (χ1) is 11.0. The molecule has 0 fully saturated rings. The SMILES string of the molecule is CCCC(=O)c1c(C(=O)OC)c(C(=O)OC)nc2ccccc12. The zero-order valence-electron chi connectivity index (χ0n) is 13.2. The van der Waals surface area contributed by atoms with Crippen molar-refractivity contribution in [3.05, 3.63) is 41.1 Å². The summed E-state index contributed by atoms with van der Waals surface area (Å²) in [4.78, 5) is 41.0. The van der Waals surface area contributed by atoms with Gasteiger partial charge < -0.3 is 9.47 Å². The molecular formula is C17H17NO5. The molecule has 0 aliphatic carbocycles. The summed E-state index contributed by atoms with van der Waals surface area (Å²) in [7, 11) is 2.38. The summed E-state index contributed by atoms with van der Waals surface area (Å²) in [6, 6.07) is 6.85. The minimum absolute atomic E-state index is 0.142. The van der Waals surface area contributed by atoms with Crippen molar-refractivity contribution in [1.82, 2.24) is 4.98 Å². The highest BCUT2D eigenvalue weighted by atomic mass is 16.5. The number of fused-ring (bicyclic) bond motifs is 1. The Balaban J connectivity index is 2.92. The molecule has 0 aliphatic rings. The number of nitrogens with zero attached hydrogens (tertiary/aromatic N) is 1. The van der Waals surface area contributed by atoms with Gasteiger partial charge in [0.15, 0.2) is 11.5 Å². The number of Topliss-reactive ketones (excluding diaryl/α,β-unsaturated/α-hetero) is 1. The van der Waals surface area contributed by atoms with Crippen molar-refractivity contribution < 1.29 is 23.9 Å². The number of ether oxygens (including phenoxy) is 2. The van der Waals surface area contributed by atoms with Crippen molar-refractivity contribution in [3.8, 4) is 0 Å². The summed E-state index contributed by atoms with van der Waals surface area (Å²) >= 11 is 0. The smallest absolute Gasteiger partial charge is 0.357 e. The lowest BCUT2D eigenvalue weighted by Gasteiger charge is -2.13. The molecule has 120 valence electrons. The Morgan fingerprint density at radius 2 is 1.65 bits per heavy atom. The number of pyridine rings is 1. The molecule has 1 aromatic heterocycles. The fourth-order valence-corrected chi connectivity index (χ4v) is 2.40. The number of para-hydroxylation sites is 1. The molecule has 0 N–H and O–H groups in total. The van der Waals surface area contributed by atoms with Gasteiger partial charge in [0.1, 0.15) is 5.56 Å². The van der Waals surface area contributed by atoms with Crippen LogP contribution < -0.4 is 0 Å². The van der Waals surface area contributed by atoms with Crippen LogP contribution in [0.25, 0.3) is 10.9 Å². The number of carbonyl (C=O) groups is 3. The van der Waals surface area contributed by atoms with Crippen LogP contribution in [0.15, 0.2) is 24.3 Å². The highest BCUT2D eigenvalue weighted by molar-refractivity contribution is 6.18. The standard InChI is InChI=1S/C17H17NO5/c1-4-7-12(19)13-10-8-5-6-9-11(10)18-15(17(21)23-3)14(13)16(20)22-2/h5-6,8-9H,4,7H2,1-3H3. The highest BCUT2D eigenvalue weighted by Gasteiger charge is 2.29. The van der Waals surface area contributed by atoms with Gasteiger partial charge in [0.2, 0.25) is 0 Å². The van der Waals surface area contributed by atoms with Gasteiger partial charge in [-0.05, 0) is 12.5 Å². The van der Waals surface area contributed by atoms with Gasteiger partial charge in [0.25, 0.3) is 0 Å². The van der Waals surface area contributed by atoms with Gasteiger partial charge >= 0.3 is 11.9 Å². The lowest BCUT2D eigenvalue weighted by Crippen LogP contribution is -2.19. The van der Waals surface area contributed by atoms with Crippen LogP contribution in [-0.4, -0.2) is 36.9 Å². The summed E-state index contributed by atoms with van der Waals surface area (Å²) in [5, 5.41) is 0.513. The Morgan fingerprint density at radius 1 is 1.00 bits per heavy atom. The zero-order chi connectivity index (χ0) is 17.0. The molecule has 1 aromatic carbocycles. The molecule has 6 heteroatoms. The van der Waals surface area contributed by atoms with Crippen LogP contribution in [0.3, 0.4) is 0 Å². The van der Waals surface area contributed by atoms with E-state index < -0.39 is 11.9 Å². The first kappa shape index (κ1) is 16.6. The van der Waals surface area contributed by atoms with Gasteiger partial charge in [0.05, 0.1) is 19.7 Å². The summed E-state index contributed by atoms with van der Waals surface area (Å²) in [5.41, 5.74) is 0.249. The molecule has 0 atom stereocenters. The molecule has 2 aromatic rings. The maximum absolute atomic E-state index is 12.6. The number of benzene rings is 1. The van der Waals surface area contributed by atoms with Gasteiger partial charge in [-0.25, -0.2) is 14.6 Å². The van der Waals surface area contributed by atoms with Crippen molar-refractivity contribution in [2.75, 3.05) is 14.2 Å². The van der Waals surface area contributed by atoms with Crippen molar-refractivity contribution in [1.29, 1.82) is 0 Å². The van der Waals surface area contributed by atoms with E-state index in [4.69, 9.17) is 9.47 Å². The summed E-state index contributed by atoms with van der Waals surface area (Å²) in [5.74, 6) is -1.82. The molecule has 0 unspecified atom stereocenters. The highest BCUT2D eigenvalue weighted by Crippen LogP contribution is 2.26. The van der Waals surface area contributed by atoms with Gasteiger partial charge in [0, 0.05) is 17.4 Å².